The number of carbonyl (C=O) groups is 2. The van der Waals surface area contributed by atoms with Crippen LogP contribution in [0.25, 0.3) is 16.8 Å². The number of rotatable bonds is 4. The van der Waals surface area contributed by atoms with E-state index in [4.69, 9.17) is 40.2 Å². The fourth-order valence-corrected chi connectivity index (χ4v) is 4.07. The van der Waals surface area contributed by atoms with E-state index in [0.717, 1.165) is 16.3 Å². The van der Waals surface area contributed by atoms with Gasteiger partial charge in [0.15, 0.2) is 10.9 Å². The van der Waals surface area contributed by atoms with Gasteiger partial charge in [-0.25, -0.2) is 0 Å². The number of thiocarbonyl (C=S) groups is 1. The van der Waals surface area contributed by atoms with Gasteiger partial charge in [0.1, 0.15) is 12.2 Å². The second-order valence-electron chi connectivity index (χ2n) is 6.92. The highest BCUT2D eigenvalue weighted by Crippen LogP contribution is 2.36. The zero-order valence-corrected chi connectivity index (χ0v) is 18.6. The number of nitrogens with one attached hydrogen (secondary N) is 1. The van der Waals surface area contributed by atoms with Crippen LogP contribution in [0.5, 0.6) is 5.75 Å². The van der Waals surface area contributed by atoms with Gasteiger partial charge in [0.25, 0.3) is 11.8 Å². The van der Waals surface area contributed by atoms with Crippen LogP contribution in [0.15, 0.2) is 60.2 Å². The van der Waals surface area contributed by atoms with Crippen LogP contribution in [0.1, 0.15) is 11.1 Å². The Morgan fingerprint density at radius 3 is 2.48 bits per heavy atom. The van der Waals surface area contributed by atoms with E-state index in [9.17, 15) is 9.59 Å². The Bertz CT molecular complexity index is 1240. The van der Waals surface area contributed by atoms with Crippen molar-refractivity contribution in [2.24, 2.45) is 0 Å². The zero-order valence-electron chi connectivity index (χ0n) is 16.3. The molecular weight excluding hydrogens is 455 g/mol. The Morgan fingerprint density at radius 1 is 1.06 bits per heavy atom. The maximum atomic E-state index is 12.4. The van der Waals surface area contributed by atoms with Crippen LogP contribution in [0, 0.1) is 0 Å². The van der Waals surface area contributed by atoms with Crippen molar-refractivity contribution in [2.75, 3.05) is 7.05 Å². The predicted octanol–water partition coefficient (Wildman–Crippen LogP) is 4.98. The monoisotopic (exact) mass is 470 g/mol. The molecule has 8 heteroatoms. The van der Waals surface area contributed by atoms with Crippen molar-refractivity contribution in [2.45, 2.75) is 6.61 Å². The molecule has 1 N–H and O–H groups in total. The number of likely N-dealkylation sites (N-methyl/N-ethyl adjacent to an activating group) is 1. The minimum absolute atomic E-state index is 0.0559. The van der Waals surface area contributed by atoms with E-state index in [1.807, 2.05) is 42.5 Å². The molecule has 1 aliphatic rings. The Hall–Kier alpha value is -2.93. The summed E-state index contributed by atoms with van der Waals surface area (Å²) in [5, 5.41) is 5.26. The van der Waals surface area contributed by atoms with Crippen LogP contribution < -0.4 is 10.1 Å². The summed E-state index contributed by atoms with van der Waals surface area (Å²) in [6.45, 7) is 0.282. The third-order valence-corrected chi connectivity index (χ3v) is 5.83. The Morgan fingerprint density at radius 2 is 1.74 bits per heavy atom. The molecule has 1 heterocycles. The number of fused-ring (bicyclic) bond motifs is 1. The van der Waals surface area contributed by atoms with E-state index in [2.05, 4.69) is 5.32 Å². The topological polar surface area (TPSA) is 58.6 Å². The molecule has 0 aromatic heterocycles. The molecule has 3 aromatic rings. The third kappa shape index (κ3) is 4.28. The van der Waals surface area contributed by atoms with Gasteiger partial charge in [0.05, 0.1) is 10.0 Å². The number of nitrogens with zero attached hydrogens (tertiary/aromatic N) is 1. The molecule has 3 aromatic carbocycles. The molecule has 4 rings (SSSR count). The molecule has 31 heavy (non-hydrogen) atoms. The fourth-order valence-electron chi connectivity index (χ4n) is 3.28. The lowest BCUT2D eigenvalue weighted by atomic mass is 10.1. The summed E-state index contributed by atoms with van der Waals surface area (Å²) in [5.74, 6) is -0.745. The summed E-state index contributed by atoms with van der Waals surface area (Å²) < 4.78 is 5.92. The van der Waals surface area contributed by atoms with Gasteiger partial charge in [-0.1, -0.05) is 65.7 Å². The van der Waals surface area contributed by atoms with E-state index in [0.29, 0.717) is 11.3 Å². The molecule has 1 saturated heterocycles. The zero-order chi connectivity index (χ0) is 22.1. The quantitative estimate of drug-likeness (QED) is 0.331. The van der Waals surface area contributed by atoms with Crippen molar-refractivity contribution in [3.05, 3.63) is 81.3 Å². The minimum atomic E-state index is -0.573. The van der Waals surface area contributed by atoms with Crippen molar-refractivity contribution in [1.29, 1.82) is 0 Å². The first-order valence-corrected chi connectivity index (χ1v) is 10.4. The highest BCUT2D eigenvalue weighted by molar-refractivity contribution is 7.80. The minimum Gasteiger partial charge on any atom is -0.486 e. The van der Waals surface area contributed by atoms with E-state index >= 15 is 0 Å². The van der Waals surface area contributed by atoms with Crippen molar-refractivity contribution in [3.8, 4) is 5.75 Å². The normalized spacial score (nSPS) is 15.5. The van der Waals surface area contributed by atoms with Crippen LogP contribution in [-0.2, 0) is 16.2 Å². The lowest BCUT2D eigenvalue weighted by Gasteiger charge is -2.25. The standard InChI is InChI=1S/C23H16Cl2N2O3S/c1-27-22(29)17(21(28)26-23(27)31)9-13-10-18(24)20(19(25)11-13)30-12-15-7-4-6-14-5-2-3-8-16(14)15/h2-11H,12H2,1H3,(H,26,28,31)/b17-9+. The highest BCUT2D eigenvalue weighted by Gasteiger charge is 2.30. The number of amides is 2. The number of halogens is 2. The summed E-state index contributed by atoms with van der Waals surface area (Å²) in [4.78, 5) is 25.7. The van der Waals surface area contributed by atoms with Crippen LogP contribution in [-0.4, -0.2) is 28.9 Å². The lowest BCUT2D eigenvalue weighted by molar-refractivity contribution is -0.128. The number of carbonyl (C=O) groups excluding carboxylic acids is 2. The molecular formula is C23H16Cl2N2O3S. The Balaban J connectivity index is 1.60. The van der Waals surface area contributed by atoms with E-state index in [1.165, 1.54) is 18.0 Å². The van der Waals surface area contributed by atoms with Crippen LogP contribution in [0.4, 0.5) is 0 Å². The second kappa shape index (κ2) is 8.67. The summed E-state index contributed by atoms with van der Waals surface area (Å²) in [6.07, 6.45) is 1.42. The molecule has 0 unspecified atom stereocenters. The van der Waals surface area contributed by atoms with Gasteiger partial charge in [-0.15, -0.1) is 0 Å². The third-order valence-electron chi connectivity index (χ3n) is 4.89. The predicted molar refractivity (Wildman–Crippen MR) is 126 cm³/mol. The summed E-state index contributed by atoms with van der Waals surface area (Å²) >= 11 is 17.8. The van der Waals surface area contributed by atoms with Crippen molar-refractivity contribution >= 4 is 69.2 Å². The maximum Gasteiger partial charge on any atom is 0.265 e. The van der Waals surface area contributed by atoms with Gasteiger partial charge in [-0.2, -0.15) is 0 Å². The molecule has 1 aliphatic heterocycles. The number of hydrogen-bond donors (Lipinski definition) is 1. The van der Waals surface area contributed by atoms with Crippen LogP contribution in [0.3, 0.4) is 0 Å². The molecule has 0 saturated carbocycles. The molecule has 2 amide bonds. The molecule has 0 spiro atoms. The van der Waals surface area contributed by atoms with E-state index in [1.54, 1.807) is 12.1 Å². The molecule has 0 bridgehead atoms. The number of hydrogen-bond acceptors (Lipinski definition) is 4. The smallest absolute Gasteiger partial charge is 0.265 e. The highest BCUT2D eigenvalue weighted by atomic mass is 35.5. The Labute approximate surface area is 194 Å². The van der Waals surface area contributed by atoms with Crippen LogP contribution in [0.2, 0.25) is 10.0 Å². The first kappa shape index (κ1) is 21.3. The first-order valence-electron chi connectivity index (χ1n) is 9.28. The Kier molecular flexibility index (Phi) is 5.96. The molecule has 156 valence electrons. The van der Waals surface area contributed by atoms with Crippen molar-refractivity contribution in [3.63, 3.8) is 0 Å². The first-order chi connectivity index (χ1) is 14.8. The molecule has 0 atom stereocenters. The van der Waals surface area contributed by atoms with E-state index in [-0.39, 0.29) is 27.3 Å². The van der Waals surface area contributed by atoms with Gasteiger partial charge < -0.3 is 4.74 Å². The number of benzene rings is 3. The van der Waals surface area contributed by atoms with Gasteiger partial charge in [-0.05, 0) is 52.3 Å². The van der Waals surface area contributed by atoms with Crippen molar-refractivity contribution in [1.82, 2.24) is 10.2 Å². The lowest BCUT2D eigenvalue weighted by Crippen LogP contribution is -2.52. The van der Waals surface area contributed by atoms with Gasteiger partial charge in [-0.3, -0.25) is 19.8 Å². The average Bonchev–Trinajstić information content (AvgIpc) is 2.75. The summed E-state index contributed by atoms with van der Waals surface area (Å²) in [7, 11) is 1.49. The van der Waals surface area contributed by atoms with Gasteiger partial charge >= 0.3 is 0 Å². The average molecular weight is 471 g/mol. The largest absolute Gasteiger partial charge is 0.486 e. The molecule has 0 radical (unpaired) electrons. The van der Waals surface area contributed by atoms with Gasteiger partial charge in [0.2, 0.25) is 0 Å². The fraction of sp³-hybridized carbons (Fsp3) is 0.0870. The van der Waals surface area contributed by atoms with Crippen LogP contribution >= 0.6 is 35.4 Å². The molecule has 5 nitrogen and oxygen atoms in total. The second-order valence-corrected chi connectivity index (χ2v) is 8.12. The molecule has 0 aliphatic carbocycles. The maximum absolute atomic E-state index is 12.4. The van der Waals surface area contributed by atoms with Crippen molar-refractivity contribution < 1.29 is 14.3 Å². The SMILES string of the molecule is CN1C(=O)/C(=C/c2cc(Cl)c(OCc3cccc4ccccc34)c(Cl)c2)C(=O)NC1=S. The van der Waals surface area contributed by atoms with Gasteiger partial charge in [0, 0.05) is 7.05 Å². The summed E-state index contributed by atoms with van der Waals surface area (Å²) in [6, 6.07) is 17.2. The molecule has 1 fully saturated rings. The number of ether oxygens (including phenoxy) is 1. The summed E-state index contributed by atoms with van der Waals surface area (Å²) in [5.41, 5.74) is 1.43. The van der Waals surface area contributed by atoms with E-state index < -0.39 is 11.8 Å².